The number of hydrogen-bond donors (Lipinski definition) is 1. The van der Waals surface area contributed by atoms with E-state index < -0.39 is 0 Å². The maximum atomic E-state index is 5.71. The van der Waals surface area contributed by atoms with Crippen LogP contribution in [0, 0.1) is 0 Å². The molecule has 1 fully saturated rings. The second-order valence-corrected chi connectivity index (χ2v) is 5.34. The third kappa shape index (κ3) is 3.82. The highest BCUT2D eigenvalue weighted by Crippen LogP contribution is 2.18. The zero-order valence-corrected chi connectivity index (χ0v) is 11.6. The maximum Gasteiger partial charge on any atom is 0.0587 e. The van der Waals surface area contributed by atoms with E-state index in [0.29, 0.717) is 18.1 Å². The lowest BCUT2D eigenvalue weighted by Gasteiger charge is -2.30. The van der Waals surface area contributed by atoms with E-state index in [9.17, 15) is 0 Å². The van der Waals surface area contributed by atoms with Crippen LogP contribution in [0.4, 0.5) is 0 Å². The summed E-state index contributed by atoms with van der Waals surface area (Å²) >= 11 is 0. The Hall–Kier alpha value is -0.860. The lowest BCUT2D eigenvalue weighted by atomic mass is 9.98. The van der Waals surface area contributed by atoms with E-state index >= 15 is 0 Å². The van der Waals surface area contributed by atoms with Gasteiger partial charge in [-0.15, -0.1) is 0 Å². The molecule has 1 aromatic carbocycles. The van der Waals surface area contributed by atoms with Gasteiger partial charge in [0.1, 0.15) is 0 Å². The van der Waals surface area contributed by atoms with Gasteiger partial charge in [-0.3, -0.25) is 0 Å². The number of ether oxygens (including phenoxy) is 1. The Morgan fingerprint density at radius 1 is 1.33 bits per heavy atom. The molecule has 100 valence electrons. The SMILES string of the molecule is CCC1CC(NCC(C)c2ccccc2)CCO1. The highest BCUT2D eigenvalue weighted by molar-refractivity contribution is 5.19. The number of nitrogens with one attached hydrogen (secondary N) is 1. The summed E-state index contributed by atoms with van der Waals surface area (Å²) in [5, 5.41) is 3.70. The third-order valence-electron chi connectivity index (χ3n) is 3.90. The molecule has 0 amide bonds. The van der Waals surface area contributed by atoms with Crippen LogP contribution in [-0.4, -0.2) is 25.3 Å². The quantitative estimate of drug-likeness (QED) is 0.861. The minimum Gasteiger partial charge on any atom is -0.378 e. The monoisotopic (exact) mass is 247 g/mol. The first-order valence-electron chi connectivity index (χ1n) is 7.19. The van der Waals surface area contributed by atoms with Crippen LogP contribution in [0.5, 0.6) is 0 Å². The van der Waals surface area contributed by atoms with Gasteiger partial charge < -0.3 is 10.1 Å². The van der Waals surface area contributed by atoms with E-state index in [2.05, 4.69) is 49.5 Å². The van der Waals surface area contributed by atoms with Gasteiger partial charge in [-0.2, -0.15) is 0 Å². The Morgan fingerprint density at radius 3 is 2.83 bits per heavy atom. The third-order valence-corrected chi connectivity index (χ3v) is 3.90. The number of hydrogen-bond acceptors (Lipinski definition) is 2. The minimum atomic E-state index is 0.461. The molecule has 0 aromatic heterocycles. The average molecular weight is 247 g/mol. The van der Waals surface area contributed by atoms with Crippen LogP contribution in [0.25, 0.3) is 0 Å². The van der Waals surface area contributed by atoms with Crippen molar-refractivity contribution in [1.82, 2.24) is 5.32 Å². The summed E-state index contributed by atoms with van der Waals surface area (Å²) in [5.74, 6) is 0.578. The lowest BCUT2D eigenvalue weighted by molar-refractivity contribution is -0.000136. The predicted octanol–water partition coefficient (Wildman–Crippen LogP) is 3.34. The van der Waals surface area contributed by atoms with E-state index in [1.165, 1.54) is 5.56 Å². The molecule has 1 N–H and O–H groups in total. The van der Waals surface area contributed by atoms with Crippen molar-refractivity contribution in [1.29, 1.82) is 0 Å². The molecule has 1 aliphatic rings. The maximum absolute atomic E-state index is 5.71. The summed E-state index contributed by atoms with van der Waals surface area (Å²) in [7, 11) is 0. The first-order chi connectivity index (χ1) is 8.79. The van der Waals surface area contributed by atoms with E-state index in [4.69, 9.17) is 4.74 Å². The first kappa shape index (κ1) is 13.6. The standard InChI is InChI=1S/C16H25NO/c1-3-16-11-15(9-10-18-16)17-12-13(2)14-7-5-4-6-8-14/h4-8,13,15-17H,3,9-12H2,1-2H3. The van der Waals surface area contributed by atoms with Crippen molar-refractivity contribution >= 4 is 0 Å². The van der Waals surface area contributed by atoms with E-state index in [-0.39, 0.29) is 0 Å². The van der Waals surface area contributed by atoms with Crippen LogP contribution in [0.2, 0.25) is 0 Å². The molecule has 1 heterocycles. The summed E-state index contributed by atoms with van der Waals surface area (Å²) in [4.78, 5) is 0. The normalized spacial score (nSPS) is 25.9. The molecule has 1 aromatic rings. The smallest absolute Gasteiger partial charge is 0.0587 e. The number of benzene rings is 1. The predicted molar refractivity (Wildman–Crippen MR) is 75.9 cm³/mol. The molecule has 3 atom stereocenters. The molecule has 2 heteroatoms. The largest absolute Gasteiger partial charge is 0.378 e. The molecule has 0 bridgehead atoms. The van der Waals surface area contributed by atoms with Gasteiger partial charge >= 0.3 is 0 Å². The van der Waals surface area contributed by atoms with Gasteiger partial charge in [-0.1, -0.05) is 44.2 Å². The fourth-order valence-corrected chi connectivity index (χ4v) is 2.59. The fraction of sp³-hybridized carbons (Fsp3) is 0.625. The van der Waals surface area contributed by atoms with Crippen LogP contribution in [0.15, 0.2) is 30.3 Å². The van der Waals surface area contributed by atoms with Crippen LogP contribution < -0.4 is 5.32 Å². The molecule has 2 rings (SSSR count). The average Bonchev–Trinajstić information content (AvgIpc) is 2.46. The van der Waals surface area contributed by atoms with Gasteiger partial charge in [0.15, 0.2) is 0 Å². The van der Waals surface area contributed by atoms with E-state index in [1.54, 1.807) is 0 Å². The first-order valence-corrected chi connectivity index (χ1v) is 7.19. The lowest BCUT2D eigenvalue weighted by Crippen LogP contribution is -2.40. The summed E-state index contributed by atoms with van der Waals surface area (Å²) in [6, 6.07) is 11.4. The Balaban J connectivity index is 1.77. The molecule has 1 aliphatic heterocycles. The van der Waals surface area contributed by atoms with Crippen molar-refractivity contribution in [2.24, 2.45) is 0 Å². The Labute approximate surface area is 111 Å². The van der Waals surface area contributed by atoms with Gasteiger partial charge in [-0.05, 0) is 30.7 Å². The summed E-state index contributed by atoms with van der Waals surface area (Å²) in [6.07, 6.45) is 3.91. The van der Waals surface area contributed by atoms with Crippen molar-refractivity contribution in [2.45, 2.75) is 51.2 Å². The van der Waals surface area contributed by atoms with Crippen molar-refractivity contribution < 1.29 is 4.74 Å². The van der Waals surface area contributed by atoms with Crippen molar-refractivity contribution in [3.63, 3.8) is 0 Å². The van der Waals surface area contributed by atoms with Crippen molar-refractivity contribution in [2.75, 3.05) is 13.2 Å². The summed E-state index contributed by atoms with van der Waals surface area (Å²) < 4.78 is 5.71. The van der Waals surface area contributed by atoms with Crippen molar-refractivity contribution in [3.05, 3.63) is 35.9 Å². The Bertz CT molecular complexity index is 338. The molecule has 0 aliphatic carbocycles. The topological polar surface area (TPSA) is 21.3 Å². The van der Waals surface area contributed by atoms with Crippen LogP contribution in [0.1, 0.15) is 44.6 Å². The van der Waals surface area contributed by atoms with Crippen molar-refractivity contribution in [3.8, 4) is 0 Å². The fourth-order valence-electron chi connectivity index (χ4n) is 2.59. The highest BCUT2D eigenvalue weighted by atomic mass is 16.5. The summed E-state index contributed by atoms with van der Waals surface area (Å²) in [6.45, 7) is 6.47. The highest BCUT2D eigenvalue weighted by Gasteiger charge is 2.21. The second kappa shape index (κ2) is 6.91. The van der Waals surface area contributed by atoms with Gasteiger partial charge in [0, 0.05) is 19.2 Å². The zero-order chi connectivity index (χ0) is 12.8. The van der Waals surface area contributed by atoms with Gasteiger partial charge in [0.05, 0.1) is 6.10 Å². The molecule has 0 saturated carbocycles. The van der Waals surface area contributed by atoms with Gasteiger partial charge in [0.2, 0.25) is 0 Å². The van der Waals surface area contributed by atoms with Crippen LogP contribution >= 0.6 is 0 Å². The molecule has 0 spiro atoms. The number of rotatable bonds is 5. The van der Waals surface area contributed by atoms with Gasteiger partial charge in [-0.25, -0.2) is 0 Å². The molecule has 1 saturated heterocycles. The minimum absolute atomic E-state index is 0.461. The second-order valence-electron chi connectivity index (χ2n) is 5.34. The van der Waals surface area contributed by atoms with Crippen LogP contribution in [0.3, 0.4) is 0 Å². The molecule has 3 unspecified atom stereocenters. The van der Waals surface area contributed by atoms with Gasteiger partial charge in [0.25, 0.3) is 0 Å². The Morgan fingerprint density at radius 2 is 2.11 bits per heavy atom. The molecule has 0 radical (unpaired) electrons. The molecule has 18 heavy (non-hydrogen) atoms. The van der Waals surface area contributed by atoms with Crippen LogP contribution in [-0.2, 0) is 4.74 Å². The van der Waals surface area contributed by atoms with E-state index in [0.717, 1.165) is 32.4 Å². The summed E-state index contributed by atoms with van der Waals surface area (Å²) in [5.41, 5.74) is 1.42. The Kier molecular flexibility index (Phi) is 5.21. The zero-order valence-electron chi connectivity index (χ0n) is 11.6. The van der Waals surface area contributed by atoms with E-state index in [1.807, 2.05) is 0 Å². The molecular formula is C16H25NO. The molecular weight excluding hydrogens is 222 g/mol. The molecule has 2 nitrogen and oxygen atoms in total.